The first kappa shape index (κ1) is 46.1. The van der Waals surface area contributed by atoms with E-state index >= 15 is 0 Å². The average molecular weight is 770 g/mol. The van der Waals surface area contributed by atoms with E-state index in [-0.39, 0.29) is 54.8 Å². The van der Waals surface area contributed by atoms with E-state index in [1.165, 1.54) is 139 Å². The largest absolute Gasteiger partial charge is 0.461 e. The fraction of sp³-hybridized carbons (Fsp3) is 0.795. The van der Waals surface area contributed by atoms with Crippen LogP contribution in [0.2, 0.25) is 0 Å². The van der Waals surface area contributed by atoms with Gasteiger partial charge in [-0.25, -0.2) is 4.98 Å². The third kappa shape index (κ3) is 17.2. The zero-order valence-corrected chi connectivity index (χ0v) is 34.3. The minimum atomic E-state index is -1.55. The SMILES string of the molecule is C#C[C@]1(COC(=O)CCCCCCCCCCCCCCC)O[C@@H](n2cnc3c(N)nc(F)nc32)C[C@@H]1OC(=O)CCCCCCCCCCCCCCC. The third-order valence-electron chi connectivity index (χ3n) is 10.9. The highest BCUT2D eigenvalue weighted by atomic mass is 19.1. The second-order valence-electron chi connectivity index (χ2n) is 15.7. The number of ether oxygens (including phenoxy) is 3. The first-order valence-electron chi connectivity index (χ1n) is 22.0. The van der Waals surface area contributed by atoms with Crippen molar-refractivity contribution in [1.82, 2.24) is 19.5 Å². The maximum atomic E-state index is 14.2. The van der Waals surface area contributed by atoms with Crippen LogP contribution in [0.15, 0.2) is 6.33 Å². The van der Waals surface area contributed by atoms with E-state index in [9.17, 15) is 14.0 Å². The lowest BCUT2D eigenvalue weighted by Gasteiger charge is -2.28. The molecule has 3 rings (SSSR count). The van der Waals surface area contributed by atoms with Crippen molar-refractivity contribution in [3.8, 4) is 12.3 Å². The molecule has 0 radical (unpaired) electrons. The zero-order chi connectivity index (χ0) is 39.6. The smallest absolute Gasteiger partial charge is 0.312 e. The number of anilines is 1. The zero-order valence-electron chi connectivity index (χ0n) is 34.3. The normalized spacial score (nSPS) is 18.1. The van der Waals surface area contributed by atoms with Gasteiger partial charge in [-0.3, -0.25) is 14.2 Å². The Bertz CT molecular complexity index is 1410. The van der Waals surface area contributed by atoms with Crippen LogP contribution in [0.5, 0.6) is 0 Å². The van der Waals surface area contributed by atoms with E-state index < -0.39 is 24.0 Å². The molecule has 10 nitrogen and oxygen atoms in total. The molecule has 3 heterocycles. The first-order valence-corrected chi connectivity index (χ1v) is 22.0. The molecular formula is C44H72FN5O5. The molecular weight excluding hydrogens is 698 g/mol. The molecule has 2 aromatic rings. The molecule has 1 aliphatic heterocycles. The van der Waals surface area contributed by atoms with E-state index in [2.05, 4.69) is 34.7 Å². The molecule has 11 heteroatoms. The Morgan fingerprint density at radius 1 is 0.782 bits per heavy atom. The summed E-state index contributed by atoms with van der Waals surface area (Å²) in [4.78, 5) is 37.7. The van der Waals surface area contributed by atoms with Gasteiger partial charge in [0.1, 0.15) is 18.9 Å². The van der Waals surface area contributed by atoms with Gasteiger partial charge in [-0.05, 0) is 12.8 Å². The van der Waals surface area contributed by atoms with Crippen molar-refractivity contribution in [3.63, 3.8) is 0 Å². The highest BCUT2D eigenvalue weighted by Gasteiger charge is 2.52. The number of terminal acetylenes is 1. The number of nitrogen functional groups attached to an aromatic ring is 1. The summed E-state index contributed by atoms with van der Waals surface area (Å²) in [6.07, 6.45) is 36.9. The summed E-state index contributed by atoms with van der Waals surface area (Å²) in [6.45, 7) is 4.21. The molecule has 1 aliphatic rings. The highest BCUT2D eigenvalue weighted by molar-refractivity contribution is 5.81. The van der Waals surface area contributed by atoms with Crippen LogP contribution in [-0.4, -0.2) is 49.8 Å². The molecule has 0 aromatic carbocycles. The lowest BCUT2D eigenvalue weighted by atomic mass is 9.98. The number of hydrogen-bond acceptors (Lipinski definition) is 9. The van der Waals surface area contributed by atoms with Crippen LogP contribution in [0.4, 0.5) is 10.2 Å². The number of hydrogen-bond donors (Lipinski definition) is 1. The lowest BCUT2D eigenvalue weighted by Crippen LogP contribution is -2.45. The van der Waals surface area contributed by atoms with Gasteiger partial charge >= 0.3 is 18.0 Å². The Morgan fingerprint density at radius 3 is 1.71 bits per heavy atom. The lowest BCUT2D eigenvalue weighted by molar-refractivity contribution is -0.166. The molecule has 310 valence electrons. The molecule has 2 aromatic heterocycles. The minimum Gasteiger partial charge on any atom is -0.461 e. The van der Waals surface area contributed by atoms with E-state index in [0.717, 1.165) is 32.1 Å². The quantitative estimate of drug-likeness (QED) is 0.0334. The van der Waals surface area contributed by atoms with Crippen molar-refractivity contribution in [3.05, 3.63) is 12.4 Å². The predicted molar refractivity (Wildman–Crippen MR) is 217 cm³/mol. The Balaban J connectivity index is 1.44. The number of halogens is 1. The van der Waals surface area contributed by atoms with Crippen molar-refractivity contribution >= 4 is 28.9 Å². The van der Waals surface area contributed by atoms with E-state index in [1.807, 2.05) is 0 Å². The third-order valence-corrected chi connectivity index (χ3v) is 10.9. The fourth-order valence-electron chi connectivity index (χ4n) is 7.52. The monoisotopic (exact) mass is 770 g/mol. The molecule has 0 aliphatic carbocycles. The molecule has 1 saturated heterocycles. The number of imidazole rings is 1. The summed E-state index contributed by atoms with van der Waals surface area (Å²) in [7, 11) is 0. The van der Waals surface area contributed by atoms with Crippen LogP contribution in [0.1, 0.15) is 206 Å². The molecule has 55 heavy (non-hydrogen) atoms. The Morgan fingerprint density at radius 2 is 1.24 bits per heavy atom. The maximum absolute atomic E-state index is 14.2. The number of unbranched alkanes of at least 4 members (excludes halogenated alkanes) is 24. The van der Waals surface area contributed by atoms with Crippen molar-refractivity contribution < 1.29 is 28.2 Å². The van der Waals surface area contributed by atoms with Gasteiger partial charge in [0.25, 0.3) is 0 Å². The highest BCUT2D eigenvalue weighted by Crippen LogP contribution is 2.40. The molecule has 1 fully saturated rings. The van der Waals surface area contributed by atoms with Crippen molar-refractivity contribution in [1.29, 1.82) is 0 Å². The summed E-state index contributed by atoms with van der Waals surface area (Å²) >= 11 is 0. The number of carbonyl (C=O) groups is 2. The van der Waals surface area contributed by atoms with Gasteiger partial charge in [-0.15, -0.1) is 6.42 Å². The Hall–Kier alpha value is -3.26. The van der Waals surface area contributed by atoms with E-state index in [4.69, 9.17) is 26.4 Å². The minimum absolute atomic E-state index is 0.106. The van der Waals surface area contributed by atoms with Crippen molar-refractivity contribution in [2.24, 2.45) is 0 Å². The number of rotatable bonds is 32. The number of nitrogens with zero attached hydrogens (tertiary/aromatic N) is 4. The van der Waals surface area contributed by atoms with Gasteiger partial charge in [0.2, 0.25) is 5.60 Å². The number of nitrogens with two attached hydrogens (primary N) is 1. The second-order valence-corrected chi connectivity index (χ2v) is 15.7. The van der Waals surface area contributed by atoms with Gasteiger partial charge in [0, 0.05) is 19.3 Å². The van der Waals surface area contributed by atoms with Gasteiger partial charge in [0.05, 0.1) is 6.33 Å². The summed E-state index contributed by atoms with van der Waals surface area (Å²) in [5, 5.41) is 0. The molecule has 0 unspecified atom stereocenters. The molecule has 2 N–H and O–H groups in total. The maximum Gasteiger partial charge on any atom is 0.312 e. The molecule has 3 atom stereocenters. The Kier molecular flexibility index (Phi) is 22.9. The van der Waals surface area contributed by atoms with Crippen LogP contribution in [0.3, 0.4) is 0 Å². The fourth-order valence-corrected chi connectivity index (χ4v) is 7.52. The topological polar surface area (TPSA) is 131 Å². The summed E-state index contributed by atoms with van der Waals surface area (Å²) < 4.78 is 33.7. The molecule has 0 bridgehead atoms. The van der Waals surface area contributed by atoms with E-state index in [1.54, 1.807) is 0 Å². The number of esters is 2. The van der Waals surface area contributed by atoms with Crippen LogP contribution in [0, 0.1) is 18.4 Å². The number of aromatic nitrogens is 4. The van der Waals surface area contributed by atoms with Gasteiger partial charge in [-0.2, -0.15) is 14.4 Å². The average Bonchev–Trinajstić information content (AvgIpc) is 3.76. The number of carbonyl (C=O) groups excluding carboxylic acids is 2. The standard InChI is InChI=1S/C44H72FN5O5/c1-4-7-9-11-13-15-17-19-21-23-25-27-29-31-38(51)53-34-44(6-3)36(33-37(55-44)50-35-47-40-41(46)48-43(45)49-42(40)50)54-39(52)32-30-28-26-24-22-20-18-16-14-12-10-8-5-2/h3,35-37H,4-5,7-34H2,1-2H3,(H2,46,48,49)/t36-,37+,44+/m0/s1. The van der Waals surface area contributed by atoms with E-state index in [0.29, 0.717) is 6.42 Å². The molecule has 0 saturated carbocycles. The Labute approximate surface area is 331 Å². The summed E-state index contributed by atoms with van der Waals surface area (Å²) in [5.41, 5.74) is 4.68. The summed E-state index contributed by atoms with van der Waals surface area (Å²) in [6, 6.07) is 0. The van der Waals surface area contributed by atoms with Gasteiger partial charge < -0.3 is 19.9 Å². The van der Waals surface area contributed by atoms with Crippen LogP contribution < -0.4 is 5.73 Å². The first-order chi connectivity index (χ1) is 26.8. The van der Waals surface area contributed by atoms with Gasteiger partial charge in [0.15, 0.2) is 17.0 Å². The summed E-state index contributed by atoms with van der Waals surface area (Å²) in [5.74, 6) is 1.77. The second kappa shape index (κ2) is 27.4. The molecule has 0 amide bonds. The van der Waals surface area contributed by atoms with Crippen molar-refractivity contribution in [2.75, 3.05) is 12.3 Å². The van der Waals surface area contributed by atoms with Crippen LogP contribution in [-0.2, 0) is 23.8 Å². The van der Waals surface area contributed by atoms with Gasteiger partial charge in [-0.1, -0.05) is 174 Å². The van der Waals surface area contributed by atoms with Crippen molar-refractivity contribution in [2.45, 2.75) is 218 Å². The van der Waals surface area contributed by atoms with Crippen LogP contribution in [0.25, 0.3) is 11.2 Å². The van der Waals surface area contributed by atoms with Crippen LogP contribution >= 0.6 is 0 Å². The number of fused-ring (bicyclic) bond motifs is 1. The molecule has 0 spiro atoms. The predicted octanol–water partition coefficient (Wildman–Crippen LogP) is 11.3.